The highest BCUT2D eigenvalue weighted by atomic mass is 79.9. The molecule has 98 valence electrons. The summed E-state index contributed by atoms with van der Waals surface area (Å²) in [6, 6.07) is 5.53. The lowest BCUT2D eigenvalue weighted by atomic mass is 10.2. The van der Waals surface area contributed by atoms with Crippen LogP contribution >= 0.6 is 15.9 Å². The lowest BCUT2D eigenvalue weighted by Gasteiger charge is -2.16. The topological polar surface area (TPSA) is 46.5 Å². The molecule has 0 aliphatic heterocycles. The number of rotatable bonds is 6. The molecule has 0 saturated carbocycles. The molecule has 0 atom stereocenters. The van der Waals surface area contributed by atoms with Crippen LogP contribution in [0.1, 0.15) is 32.3 Å². The van der Waals surface area contributed by atoms with Crippen LogP contribution in [0.25, 0.3) is 6.08 Å². The van der Waals surface area contributed by atoms with Crippen molar-refractivity contribution < 1.29 is 14.6 Å². The maximum Gasteiger partial charge on any atom is 0.328 e. The minimum Gasteiger partial charge on any atom is -0.489 e. The molecular formula is C14H17BrO3. The molecule has 0 amide bonds. The average Bonchev–Trinajstić information content (AvgIpc) is 2.35. The van der Waals surface area contributed by atoms with Gasteiger partial charge in [-0.1, -0.05) is 19.9 Å². The van der Waals surface area contributed by atoms with E-state index >= 15 is 0 Å². The lowest BCUT2D eigenvalue weighted by Crippen LogP contribution is -2.13. The number of aliphatic carboxylic acids is 1. The highest BCUT2D eigenvalue weighted by molar-refractivity contribution is 9.10. The van der Waals surface area contributed by atoms with Crippen LogP contribution in [0.15, 0.2) is 28.7 Å². The molecule has 0 aromatic heterocycles. The van der Waals surface area contributed by atoms with E-state index < -0.39 is 5.97 Å². The first kappa shape index (κ1) is 14.8. The maximum atomic E-state index is 10.4. The number of carboxylic acids is 1. The number of hydrogen-bond acceptors (Lipinski definition) is 2. The third-order valence-electron chi connectivity index (χ3n) is 2.58. The molecule has 0 spiro atoms. The predicted octanol–water partition coefficient (Wildman–Crippen LogP) is 4.11. The molecule has 0 aliphatic rings. The molecule has 1 aromatic rings. The Labute approximate surface area is 116 Å². The summed E-state index contributed by atoms with van der Waals surface area (Å²) in [4.78, 5) is 10.4. The van der Waals surface area contributed by atoms with Crippen LogP contribution in [0.3, 0.4) is 0 Å². The van der Waals surface area contributed by atoms with E-state index in [1.165, 1.54) is 0 Å². The summed E-state index contributed by atoms with van der Waals surface area (Å²) in [6.07, 6.45) is 4.80. The molecule has 1 aromatic carbocycles. The summed E-state index contributed by atoms with van der Waals surface area (Å²) in [7, 11) is 0. The smallest absolute Gasteiger partial charge is 0.328 e. The number of hydrogen-bond donors (Lipinski definition) is 1. The van der Waals surface area contributed by atoms with Gasteiger partial charge in [0.15, 0.2) is 0 Å². The minimum atomic E-state index is -0.955. The van der Waals surface area contributed by atoms with Crippen LogP contribution in [0.5, 0.6) is 5.75 Å². The average molecular weight is 313 g/mol. The fourth-order valence-electron chi connectivity index (χ4n) is 1.52. The van der Waals surface area contributed by atoms with Crippen molar-refractivity contribution in [3.05, 3.63) is 34.3 Å². The minimum absolute atomic E-state index is 0.210. The highest BCUT2D eigenvalue weighted by Crippen LogP contribution is 2.28. The van der Waals surface area contributed by atoms with Crippen LogP contribution in [0.2, 0.25) is 0 Å². The van der Waals surface area contributed by atoms with E-state index in [1.807, 2.05) is 18.2 Å². The Bertz CT molecular complexity index is 437. The first-order valence-electron chi connectivity index (χ1n) is 5.94. The number of carboxylic acid groups (broad SMARTS) is 1. The van der Waals surface area contributed by atoms with Crippen molar-refractivity contribution in [3.63, 3.8) is 0 Å². The molecule has 18 heavy (non-hydrogen) atoms. The molecule has 0 heterocycles. The first-order valence-corrected chi connectivity index (χ1v) is 6.73. The summed E-state index contributed by atoms with van der Waals surface area (Å²) < 4.78 is 6.67. The highest BCUT2D eigenvalue weighted by Gasteiger charge is 2.08. The summed E-state index contributed by atoms with van der Waals surface area (Å²) in [5.41, 5.74) is 0.821. The Kier molecular flexibility index (Phi) is 5.92. The van der Waals surface area contributed by atoms with Crippen molar-refractivity contribution in [1.29, 1.82) is 0 Å². The van der Waals surface area contributed by atoms with Crippen molar-refractivity contribution in [2.45, 2.75) is 32.8 Å². The zero-order valence-electron chi connectivity index (χ0n) is 10.5. The Balaban J connectivity index is 2.82. The van der Waals surface area contributed by atoms with Crippen LogP contribution in [0, 0.1) is 0 Å². The number of carbonyl (C=O) groups is 1. The fraction of sp³-hybridized carbons (Fsp3) is 0.357. The summed E-state index contributed by atoms with van der Waals surface area (Å²) in [5.74, 6) is -0.167. The van der Waals surface area contributed by atoms with Gasteiger partial charge in [-0.3, -0.25) is 0 Å². The molecule has 0 radical (unpaired) electrons. The van der Waals surface area contributed by atoms with E-state index in [0.717, 1.165) is 34.7 Å². The number of benzene rings is 1. The van der Waals surface area contributed by atoms with E-state index in [4.69, 9.17) is 9.84 Å². The van der Waals surface area contributed by atoms with Gasteiger partial charge in [0.2, 0.25) is 0 Å². The summed E-state index contributed by atoms with van der Waals surface area (Å²) >= 11 is 3.43. The number of halogens is 1. The zero-order chi connectivity index (χ0) is 13.5. The third kappa shape index (κ3) is 4.53. The van der Waals surface area contributed by atoms with E-state index in [1.54, 1.807) is 6.08 Å². The molecule has 1 N–H and O–H groups in total. The SMILES string of the molecule is CCC(CC)Oc1ccc(C=CC(=O)O)cc1Br. The summed E-state index contributed by atoms with van der Waals surface area (Å²) in [5, 5.41) is 8.56. The molecule has 0 aliphatic carbocycles. The molecular weight excluding hydrogens is 296 g/mol. The quantitative estimate of drug-likeness (QED) is 0.804. The Hall–Kier alpha value is -1.29. The van der Waals surface area contributed by atoms with Gasteiger partial charge in [-0.25, -0.2) is 4.79 Å². The van der Waals surface area contributed by atoms with E-state index in [2.05, 4.69) is 29.8 Å². The Morgan fingerprint density at radius 1 is 1.44 bits per heavy atom. The van der Waals surface area contributed by atoms with Gasteiger partial charge in [-0.2, -0.15) is 0 Å². The van der Waals surface area contributed by atoms with E-state index in [9.17, 15) is 4.79 Å². The van der Waals surface area contributed by atoms with Gasteiger partial charge < -0.3 is 9.84 Å². The normalized spacial score (nSPS) is 11.1. The van der Waals surface area contributed by atoms with Crippen molar-refractivity contribution >= 4 is 28.0 Å². The zero-order valence-corrected chi connectivity index (χ0v) is 12.1. The standard InChI is InChI=1S/C14H17BrO3/c1-3-11(4-2)18-13-7-5-10(9-12(13)15)6-8-14(16)17/h5-9,11H,3-4H2,1-2H3,(H,16,17). The second-order valence-corrected chi connectivity index (χ2v) is 4.77. The van der Waals surface area contributed by atoms with E-state index in [0.29, 0.717) is 0 Å². The Morgan fingerprint density at radius 3 is 2.61 bits per heavy atom. The second kappa shape index (κ2) is 7.21. The van der Waals surface area contributed by atoms with Crippen molar-refractivity contribution in [3.8, 4) is 5.75 Å². The molecule has 0 fully saturated rings. The molecule has 1 rings (SSSR count). The van der Waals surface area contributed by atoms with Gasteiger partial charge in [0, 0.05) is 6.08 Å². The van der Waals surface area contributed by atoms with Crippen molar-refractivity contribution in [2.75, 3.05) is 0 Å². The fourth-order valence-corrected chi connectivity index (χ4v) is 2.01. The van der Waals surface area contributed by atoms with Gasteiger partial charge in [0.1, 0.15) is 5.75 Å². The lowest BCUT2D eigenvalue weighted by molar-refractivity contribution is -0.131. The predicted molar refractivity (Wildman–Crippen MR) is 75.8 cm³/mol. The largest absolute Gasteiger partial charge is 0.489 e. The summed E-state index contributed by atoms with van der Waals surface area (Å²) in [6.45, 7) is 4.18. The van der Waals surface area contributed by atoms with E-state index in [-0.39, 0.29) is 6.10 Å². The molecule has 0 bridgehead atoms. The maximum absolute atomic E-state index is 10.4. The van der Waals surface area contributed by atoms with Gasteiger partial charge in [-0.15, -0.1) is 0 Å². The Morgan fingerprint density at radius 2 is 2.11 bits per heavy atom. The second-order valence-electron chi connectivity index (χ2n) is 3.92. The van der Waals surface area contributed by atoms with Crippen LogP contribution in [0.4, 0.5) is 0 Å². The van der Waals surface area contributed by atoms with Gasteiger partial charge in [0.05, 0.1) is 10.6 Å². The monoisotopic (exact) mass is 312 g/mol. The van der Waals surface area contributed by atoms with Gasteiger partial charge in [0.25, 0.3) is 0 Å². The number of ether oxygens (including phenoxy) is 1. The van der Waals surface area contributed by atoms with Gasteiger partial charge >= 0.3 is 5.97 Å². The van der Waals surface area contributed by atoms with Crippen LogP contribution in [-0.2, 0) is 4.79 Å². The first-order chi connectivity index (χ1) is 8.56. The van der Waals surface area contributed by atoms with Crippen molar-refractivity contribution in [1.82, 2.24) is 0 Å². The van der Waals surface area contributed by atoms with Crippen LogP contribution < -0.4 is 4.74 Å². The van der Waals surface area contributed by atoms with Gasteiger partial charge in [-0.05, 0) is 52.5 Å². The molecule has 0 unspecified atom stereocenters. The molecule has 3 nitrogen and oxygen atoms in total. The van der Waals surface area contributed by atoms with Crippen molar-refractivity contribution in [2.24, 2.45) is 0 Å². The molecule has 0 saturated heterocycles. The third-order valence-corrected chi connectivity index (χ3v) is 3.20. The molecule has 4 heteroatoms. The van der Waals surface area contributed by atoms with Crippen LogP contribution in [-0.4, -0.2) is 17.2 Å².